The van der Waals surface area contributed by atoms with E-state index in [1.165, 1.54) is 38.5 Å². The Kier molecular flexibility index (Phi) is 2.89. The molecule has 3 atom stereocenters. The van der Waals surface area contributed by atoms with Crippen molar-refractivity contribution in [2.75, 3.05) is 0 Å². The van der Waals surface area contributed by atoms with Gasteiger partial charge in [-0.25, -0.2) is 0 Å². The number of amides is 1. The van der Waals surface area contributed by atoms with E-state index in [0.717, 1.165) is 5.92 Å². The molecule has 3 rings (SSSR count). The lowest BCUT2D eigenvalue weighted by atomic mass is 10.0. The highest BCUT2D eigenvalue weighted by molar-refractivity contribution is 5.84. The second kappa shape index (κ2) is 4.27. The van der Waals surface area contributed by atoms with Crippen LogP contribution in [-0.4, -0.2) is 29.1 Å². The van der Waals surface area contributed by atoms with Gasteiger partial charge in [-0.3, -0.25) is 10.1 Å². The summed E-state index contributed by atoms with van der Waals surface area (Å²) in [4.78, 5) is 14.5. The van der Waals surface area contributed by atoms with Gasteiger partial charge in [-0.15, -0.1) is 0 Å². The van der Waals surface area contributed by atoms with Crippen molar-refractivity contribution in [1.82, 2.24) is 10.2 Å². The fraction of sp³-hybridized carbons (Fsp3) is 0.929. The summed E-state index contributed by atoms with van der Waals surface area (Å²) < 4.78 is 0. The molecule has 1 heterocycles. The number of hydrogen-bond acceptors (Lipinski definition) is 2. The summed E-state index contributed by atoms with van der Waals surface area (Å²) in [6.45, 7) is 4.27. The van der Waals surface area contributed by atoms with Gasteiger partial charge < -0.3 is 4.90 Å². The lowest BCUT2D eigenvalue weighted by Crippen LogP contribution is -2.47. The summed E-state index contributed by atoms with van der Waals surface area (Å²) in [6, 6.07) is 0.479. The second-order valence-corrected chi connectivity index (χ2v) is 6.20. The van der Waals surface area contributed by atoms with Crippen LogP contribution in [0.1, 0.15) is 52.4 Å². The third-order valence-corrected chi connectivity index (χ3v) is 4.93. The minimum absolute atomic E-state index is 0.0294. The van der Waals surface area contributed by atoms with Crippen molar-refractivity contribution in [1.29, 1.82) is 0 Å². The summed E-state index contributed by atoms with van der Waals surface area (Å²) in [7, 11) is 0. The molecule has 3 aliphatic rings. The Bertz CT molecular complexity index is 307. The van der Waals surface area contributed by atoms with Crippen molar-refractivity contribution in [2.45, 2.75) is 70.6 Å². The molecule has 0 bridgehead atoms. The molecule has 1 amide bonds. The first-order valence-corrected chi connectivity index (χ1v) is 7.26. The molecule has 3 unspecified atom stereocenters. The Labute approximate surface area is 104 Å². The molecule has 0 radical (unpaired) electrons. The molecule has 1 N–H and O–H groups in total. The highest BCUT2D eigenvalue weighted by Crippen LogP contribution is 2.40. The maximum Gasteiger partial charge on any atom is 0.240 e. The van der Waals surface area contributed by atoms with Crippen molar-refractivity contribution in [3.63, 3.8) is 0 Å². The van der Waals surface area contributed by atoms with Crippen molar-refractivity contribution in [3.8, 4) is 0 Å². The van der Waals surface area contributed by atoms with Gasteiger partial charge in [-0.05, 0) is 51.4 Å². The SMILES string of the molecule is CC1NC(C2CCCC2)N(C(C)C2CC2)C1=O. The highest BCUT2D eigenvalue weighted by Gasteiger charge is 2.46. The number of nitrogens with zero attached hydrogens (tertiary/aromatic N) is 1. The van der Waals surface area contributed by atoms with E-state index in [1.54, 1.807) is 0 Å². The minimum atomic E-state index is 0.0294. The average Bonchev–Trinajstić information content (AvgIpc) is 2.94. The zero-order valence-electron chi connectivity index (χ0n) is 11.0. The molecule has 3 fully saturated rings. The fourth-order valence-electron chi connectivity index (χ4n) is 3.66. The van der Waals surface area contributed by atoms with Crippen LogP contribution >= 0.6 is 0 Å². The van der Waals surface area contributed by atoms with Crippen molar-refractivity contribution >= 4 is 5.91 Å². The average molecular weight is 236 g/mol. The van der Waals surface area contributed by atoms with E-state index in [2.05, 4.69) is 17.1 Å². The first kappa shape index (κ1) is 11.5. The molecule has 3 heteroatoms. The monoisotopic (exact) mass is 236 g/mol. The normalized spacial score (nSPS) is 36.8. The second-order valence-electron chi connectivity index (χ2n) is 6.20. The topological polar surface area (TPSA) is 32.3 Å². The van der Waals surface area contributed by atoms with Crippen LogP contribution in [-0.2, 0) is 4.79 Å². The molecule has 0 spiro atoms. The first-order chi connectivity index (χ1) is 8.18. The van der Waals surface area contributed by atoms with Gasteiger partial charge in [0.25, 0.3) is 0 Å². The number of nitrogens with one attached hydrogen (secondary N) is 1. The zero-order valence-corrected chi connectivity index (χ0v) is 11.0. The van der Waals surface area contributed by atoms with Gasteiger partial charge in [-0.1, -0.05) is 12.8 Å². The van der Waals surface area contributed by atoms with E-state index >= 15 is 0 Å². The largest absolute Gasteiger partial charge is 0.323 e. The maximum atomic E-state index is 12.3. The van der Waals surface area contributed by atoms with Crippen LogP contribution in [0.4, 0.5) is 0 Å². The molecule has 0 aromatic rings. The number of carbonyl (C=O) groups is 1. The van der Waals surface area contributed by atoms with Crippen molar-refractivity contribution < 1.29 is 4.79 Å². The van der Waals surface area contributed by atoms with Gasteiger partial charge in [0.1, 0.15) is 0 Å². The standard InChI is InChI=1S/C14H24N2O/c1-9-14(17)16(10(2)11-7-8-11)13(15-9)12-5-3-4-6-12/h9-13,15H,3-8H2,1-2H3. The Hall–Kier alpha value is -0.570. The van der Waals surface area contributed by atoms with E-state index in [0.29, 0.717) is 24.0 Å². The smallest absolute Gasteiger partial charge is 0.240 e. The predicted octanol–water partition coefficient (Wildman–Crippen LogP) is 2.12. The molecule has 96 valence electrons. The molecule has 3 nitrogen and oxygen atoms in total. The van der Waals surface area contributed by atoms with E-state index < -0.39 is 0 Å². The van der Waals surface area contributed by atoms with E-state index in [9.17, 15) is 4.79 Å². The third-order valence-electron chi connectivity index (χ3n) is 4.93. The van der Waals surface area contributed by atoms with Crippen molar-refractivity contribution in [3.05, 3.63) is 0 Å². The zero-order chi connectivity index (χ0) is 12.0. The Morgan fingerprint density at radius 3 is 2.47 bits per heavy atom. The van der Waals surface area contributed by atoms with Gasteiger partial charge in [0.15, 0.2) is 0 Å². The molecule has 1 saturated heterocycles. The number of rotatable bonds is 3. The Balaban J connectivity index is 1.77. The van der Waals surface area contributed by atoms with E-state index in [-0.39, 0.29) is 6.04 Å². The third kappa shape index (κ3) is 1.99. The summed E-state index contributed by atoms with van der Waals surface area (Å²) in [5.41, 5.74) is 0. The van der Waals surface area contributed by atoms with Gasteiger partial charge >= 0.3 is 0 Å². The Morgan fingerprint density at radius 1 is 1.24 bits per heavy atom. The Morgan fingerprint density at radius 2 is 1.88 bits per heavy atom. The summed E-state index contributed by atoms with van der Waals surface area (Å²) in [5, 5.41) is 3.54. The van der Waals surface area contributed by atoms with Crippen LogP contribution in [0.2, 0.25) is 0 Å². The molecule has 17 heavy (non-hydrogen) atoms. The number of carbonyl (C=O) groups excluding carboxylic acids is 1. The van der Waals surface area contributed by atoms with Gasteiger partial charge in [0.05, 0.1) is 12.2 Å². The minimum Gasteiger partial charge on any atom is -0.323 e. The summed E-state index contributed by atoms with van der Waals surface area (Å²) in [6.07, 6.45) is 8.24. The van der Waals surface area contributed by atoms with E-state index in [1.807, 2.05) is 6.92 Å². The van der Waals surface area contributed by atoms with Crippen LogP contribution in [0.25, 0.3) is 0 Å². The van der Waals surface area contributed by atoms with Crippen LogP contribution in [0, 0.1) is 11.8 Å². The number of hydrogen-bond donors (Lipinski definition) is 1. The first-order valence-electron chi connectivity index (χ1n) is 7.26. The molecule has 2 aliphatic carbocycles. The molecular formula is C14H24N2O. The van der Waals surface area contributed by atoms with Crippen LogP contribution < -0.4 is 5.32 Å². The van der Waals surface area contributed by atoms with Gasteiger partial charge in [-0.2, -0.15) is 0 Å². The summed E-state index contributed by atoms with van der Waals surface area (Å²) in [5.74, 6) is 1.81. The van der Waals surface area contributed by atoms with Crippen molar-refractivity contribution in [2.24, 2.45) is 11.8 Å². The van der Waals surface area contributed by atoms with Crippen LogP contribution in [0.15, 0.2) is 0 Å². The summed E-state index contributed by atoms with van der Waals surface area (Å²) >= 11 is 0. The molecule has 2 saturated carbocycles. The molecule has 1 aliphatic heterocycles. The van der Waals surface area contributed by atoms with Gasteiger partial charge in [0, 0.05) is 6.04 Å². The molecule has 0 aromatic heterocycles. The molecular weight excluding hydrogens is 212 g/mol. The lowest BCUT2D eigenvalue weighted by Gasteiger charge is -2.34. The molecule has 0 aromatic carbocycles. The van der Waals surface area contributed by atoms with Crippen LogP contribution in [0.3, 0.4) is 0 Å². The predicted molar refractivity (Wildman–Crippen MR) is 67.4 cm³/mol. The highest BCUT2D eigenvalue weighted by atomic mass is 16.2. The van der Waals surface area contributed by atoms with Crippen LogP contribution in [0.5, 0.6) is 0 Å². The quantitative estimate of drug-likeness (QED) is 0.814. The lowest BCUT2D eigenvalue weighted by molar-refractivity contribution is -0.132. The fourth-order valence-corrected chi connectivity index (χ4v) is 3.66. The van der Waals surface area contributed by atoms with E-state index in [4.69, 9.17) is 0 Å². The maximum absolute atomic E-state index is 12.3. The van der Waals surface area contributed by atoms with Gasteiger partial charge in [0.2, 0.25) is 5.91 Å².